The van der Waals surface area contributed by atoms with Crippen molar-refractivity contribution in [1.82, 2.24) is 5.32 Å². The minimum absolute atomic E-state index is 0.0313. The highest BCUT2D eigenvalue weighted by molar-refractivity contribution is 7.99. The number of hydrogen-bond donors (Lipinski definition) is 1. The molecule has 2 atom stereocenters. The van der Waals surface area contributed by atoms with Crippen molar-refractivity contribution in [2.24, 2.45) is 5.92 Å². The Bertz CT molecular complexity index is 452. The molecule has 1 aliphatic heterocycles. The van der Waals surface area contributed by atoms with Gasteiger partial charge in [0.2, 0.25) is 5.91 Å². The fourth-order valence-electron chi connectivity index (χ4n) is 2.38. The lowest BCUT2D eigenvalue weighted by molar-refractivity contribution is -0.120. The molecule has 1 amide bonds. The van der Waals surface area contributed by atoms with Crippen LogP contribution in [0.1, 0.15) is 13.3 Å². The summed E-state index contributed by atoms with van der Waals surface area (Å²) in [6, 6.07) is 7.95. The van der Waals surface area contributed by atoms with Gasteiger partial charge in [0, 0.05) is 30.3 Å². The fourth-order valence-corrected chi connectivity index (χ4v) is 2.80. The van der Waals surface area contributed by atoms with Gasteiger partial charge < -0.3 is 10.2 Å². The number of amides is 1. The molecule has 20 heavy (non-hydrogen) atoms. The highest BCUT2D eigenvalue weighted by Crippen LogP contribution is 2.24. The molecule has 5 heteroatoms. The average Bonchev–Trinajstić information content (AvgIpc) is 2.93. The van der Waals surface area contributed by atoms with Crippen LogP contribution in [-0.2, 0) is 4.79 Å². The van der Waals surface area contributed by atoms with Gasteiger partial charge in [-0.15, -0.1) is 0 Å². The molecule has 1 aliphatic rings. The van der Waals surface area contributed by atoms with Gasteiger partial charge in [0.15, 0.2) is 0 Å². The Morgan fingerprint density at radius 3 is 2.85 bits per heavy atom. The largest absolute Gasteiger partial charge is 0.371 e. The summed E-state index contributed by atoms with van der Waals surface area (Å²) >= 11 is 7.49. The van der Waals surface area contributed by atoms with Crippen molar-refractivity contribution >= 4 is 35.0 Å². The van der Waals surface area contributed by atoms with Gasteiger partial charge >= 0.3 is 0 Å². The van der Waals surface area contributed by atoms with Crippen LogP contribution < -0.4 is 10.2 Å². The number of rotatable bonds is 5. The third-order valence-electron chi connectivity index (χ3n) is 3.77. The summed E-state index contributed by atoms with van der Waals surface area (Å²) in [5, 5.41) is 3.85. The Morgan fingerprint density at radius 1 is 1.50 bits per heavy atom. The highest BCUT2D eigenvalue weighted by Gasteiger charge is 2.23. The summed E-state index contributed by atoms with van der Waals surface area (Å²) in [6.45, 7) is 4.75. The van der Waals surface area contributed by atoms with Gasteiger partial charge in [-0.25, -0.2) is 0 Å². The molecule has 3 nitrogen and oxygen atoms in total. The zero-order valence-corrected chi connectivity index (χ0v) is 13.5. The minimum atomic E-state index is 0.0313. The van der Waals surface area contributed by atoms with E-state index >= 15 is 0 Å². The summed E-state index contributed by atoms with van der Waals surface area (Å²) in [6.07, 6.45) is 3.08. The predicted molar refractivity (Wildman–Crippen MR) is 87.8 cm³/mol. The molecular weight excluding hydrogens is 292 g/mol. The number of hydrogen-bond acceptors (Lipinski definition) is 3. The van der Waals surface area contributed by atoms with Crippen LogP contribution in [0.15, 0.2) is 24.3 Å². The monoisotopic (exact) mass is 312 g/mol. The summed E-state index contributed by atoms with van der Waals surface area (Å²) in [4.78, 5) is 14.1. The third kappa shape index (κ3) is 4.06. The first-order valence-corrected chi connectivity index (χ1v) is 8.57. The van der Waals surface area contributed by atoms with Crippen LogP contribution in [0.5, 0.6) is 0 Å². The smallest absolute Gasteiger partial charge is 0.232 e. The summed E-state index contributed by atoms with van der Waals surface area (Å²) in [7, 11) is 0. The maximum atomic E-state index is 11.8. The van der Waals surface area contributed by atoms with E-state index in [0.717, 1.165) is 31.1 Å². The van der Waals surface area contributed by atoms with Crippen LogP contribution in [0.25, 0.3) is 0 Å². The Balaban J connectivity index is 1.80. The zero-order valence-electron chi connectivity index (χ0n) is 11.9. The van der Waals surface area contributed by atoms with Gasteiger partial charge in [0.25, 0.3) is 0 Å². The van der Waals surface area contributed by atoms with Crippen LogP contribution in [0.4, 0.5) is 5.69 Å². The molecule has 0 radical (unpaired) electrons. The lowest BCUT2D eigenvalue weighted by Crippen LogP contribution is -2.35. The van der Waals surface area contributed by atoms with Gasteiger partial charge in [0.1, 0.15) is 0 Å². The topological polar surface area (TPSA) is 32.3 Å². The van der Waals surface area contributed by atoms with E-state index in [9.17, 15) is 4.79 Å². The molecule has 1 aromatic carbocycles. The molecule has 0 saturated carbocycles. The van der Waals surface area contributed by atoms with Crippen molar-refractivity contribution < 1.29 is 4.79 Å². The van der Waals surface area contributed by atoms with Gasteiger partial charge in [-0.2, -0.15) is 11.8 Å². The number of carbonyl (C=O) groups excluding carboxylic acids is 1. The lowest BCUT2D eigenvalue weighted by Gasteiger charge is -2.19. The third-order valence-corrected chi connectivity index (χ3v) is 4.94. The molecule has 2 rings (SSSR count). The Labute approximate surface area is 130 Å². The molecular formula is C15H21ClN2OS. The molecule has 0 aromatic heterocycles. The Kier molecular flexibility index (Phi) is 5.61. The molecule has 0 bridgehead atoms. The van der Waals surface area contributed by atoms with E-state index in [4.69, 9.17) is 11.6 Å². The van der Waals surface area contributed by atoms with E-state index in [0.29, 0.717) is 5.92 Å². The van der Waals surface area contributed by atoms with Gasteiger partial charge in [-0.05, 0) is 49.8 Å². The Morgan fingerprint density at radius 2 is 2.20 bits per heavy atom. The highest BCUT2D eigenvalue weighted by atomic mass is 35.5. The van der Waals surface area contributed by atoms with Gasteiger partial charge in [-0.3, -0.25) is 4.79 Å². The molecule has 110 valence electrons. The van der Waals surface area contributed by atoms with Crippen molar-refractivity contribution in [1.29, 1.82) is 0 Å². The van der Waals surface area contributed by atoms with Crippen LogP contribution in [0.2, 0.25) is 5.02 Å². The molecule has 0 spiro atoms. The van der Waals surface area contributed by atoms with Gasteiger partial charge in [0.05, 0.1) is 5.25 Å². The first kappa shape index (κ1) is 15.5. The number of carbonyl (C=O) groups is 1. The van der Waals surface area contributed by atoms with E-state index in [-0.39, 0.29) is 11.2 Å². The quantitative estimate of drug-likeness (QED) is 0.907. The lowest BCUT2D eigenvalue weighted by atomic mass is 10.1. The average molecular weight is 313 g/mol. The molecule has 0 aliphatic carbocycles. The van der Waals surface area contributed by atoms with Crippen molar-refractivity contribution in [3.8, 4) is 0 Å². The second-order valence-corrected chi connectivity index (χ2v) is 6.82. The maximum absolute atomic E-state index is 11.8. The van der Waals surface area contributed by atoms with Crippen LogP contribution >= 0.6 is 23.4 Å². The fraction of sp³-hybridized carbons (Fsp3) is 0.533. The van der Waals surface area contributed by atoms with E-state index in [1.165, 1.54) is 5.69 Å². The summed E-state index contributed by atoms with van der Waals surface area (Å²) in [5.74, 6) is 0.672. The van der Waals surface area contributed by atoms with Crippen molar-refractivity contribution in [2.45, 2.75) is 18.6 Å². The maximum Gasteiger partial charge on any atom is 0.232 e. The number of benzene rings is 1. The van der Waals surface area contributed by atoms with Crippen LogP contribution in [0, 0.1) is 5.92 Å². The summed E-state index contributed by atoms with van der Waals surface area (Å²) < 4.78 is 0. The molecule has 0 unspecified atom stereocenters. The SMILES string of the molecule is CS[C@H](C)C(=O)NC[C@H]1CCN(c2ccc(Cl)cc2)C1. The molecule has 1 aromatic rings. The van der Waals surface area contributed by atoms with Crippen molar-refractivity contribution in [3.63, 3.8) is 0 Å². The predicted octanol–water partition coefficient (Wildman–Crippen LogP) is 3.03. The number of thioether (sulfide) groups is 1. The number of anilines is 1. The summed E-state index contributed by atoms with van der Waals surface area (Å²) in [5.41, 5.74) is 1.21. The minimum Gasteiger partial charge on any atom is -0.371 e. The van der Waals surface area contributed by atoms with Crippen molar-refractivity contribution in [2.75, 3.05) is 30.8 Å². The normalized spacial score (nSPS) is 19.9. The molecule has 1 fully saturated rings. The van der Waals surface area contributed by atoms with E-state index in [1.54, 1.807) is 11.8 Å². The van der Waals surface area contributed by atoms with E-state index < -0.39 is 0 Å². The van der Waals surface area contributed by atoms with Crippen LogP contribution in [0.3, 0.4) is 0 Å². The number of nitrogens with one attached hydrogen (secondary N) is 1. The molecule has 1 N–H and O–H groups in total. The van der Waals surface area contributed by atoms with Crippen molar-refractivity contribution in [3.05, 3.63) is 29.3 Å². The first-order valence-electron chi connectivity index (χ1n) is 6.91. The second kappa shape index (κ2) is 7.23. The first-order chi connectivity index (χ1) is 9.60. The van der Waals surface area contributed by atoms with Gasteiger partial charge in [-0.1, -0.05) is 11.6 Å². The molecule has 1 saturated heterocycles. The van der Waals surface area contributed by atoms with Crippen LogP contribution in [-0.4, -0.2) is 37.0 Å². The zero-order chi connectivity index (χ0) is 14.5. The molecule has 1 heterocycles. The standard InChI is InChI=1S/C15H21ClN2OS/c1-11(20-2)15(19)17-9-12-7-8-18(10-12)14-5-3-13(16)4-6-14/h3-6,11-12H,7-10H2,1-2H3,(H,17,19)/t11-,12-/m1/s1. The van der Waals surface area contributed by atoms with E-state index in [2.05, 4.69) is 22.3 Å². The number of halogens is 1. The second-order valence-electron chi connectivity index (χ2n) is 5.20. The Hall–Kier alpha value is -0.870. The van der Waals surface area contributed by atoms with E-state index in [1.807, 2.05) is 25.3 Å². The number of nitrogens with zero attached hydrogens (tertiary/aromatic N) is 1.